The fourth-order valence-corrected chi connectivity index (χ4v) is 8.51. The first-order chi connectivity index (χ1) is 22.2. The monoisotopic (exact) mass is 631 g/mol. The lowest BCUT2D eigenvalue weighted by Crippen LogP contribution is -2.59. The average molecular weight is 632 g/mol. The summed E-state index contributed by atoms with van der Waals surface area (Å²) in [4.78, 5) is 14.1. The van der Waals surface area contributed by atoms with Gasteiger partial charge in [0.15, 0.2) is 17.5 Å². The molecule has 4 atom stereocenters. The molecule has 4 bridgehead atoms. The van der Waals surface area contributed by atoms with E-state index >= 15 is 8.78 Å². The zero-order valence-corrected chi connectivity index (χ0v) is 25.4. The van der Waals surface area contributed by atoms with Crippen molar-refractivity contribution >= 4 is 27.5 Å². The van der Waals surface area contributed by atoms with Crippen molar-refractivity contribution in [3.05, 3.63) is 53.8 Å². The highest BCUT2D eigenvalue weighted by Crippen LogP contribution is 2.49. The number of aliphatic hydroxyl groups is 1. The third-order valence-electron chi connectivity index (χ3n) is 11.1. The molecule has 1 aromatic heterocycles. The van der Waals surface area contributed by atoms with E-state index < -0.39 is 17.5 Å². The van der Waals surface area contributed by atoms with Gasteiger partial charge in [0.05, 0.1) is 12.7 Å². The summed E-state index contributed by atoms with van der Waals surface area (Å²) < 4.78 is 52.5. The van der Waals surface area contributed by atoms with Crippen LogP contribution in [0.15, 0.2) is 36.4 Å². The first-order valence-electron chi connectivity index (χ1n) is 16.4. The molecule has 6 aliphatic rings. The summed E-state index contributed by atoms with van der Waals surface area (Å²) in [7, 11) is 0. The van der Waals surface area contributed by atoms with Crippen molar-refractivity contribution < 1.29 is 28.1 Å². The molecule has 0 spiro atoms. The van der Waals surface area contributed by atoms with Gasteiger partial charge >= 0.3 is 6.01 Å². The van der Waals surface area contributed by atoms with Gasteiger partial charge in [0.25, 0.3) is 0 Å². The minimum atomic E-state index is -1.11. The average Bonchev–Trinajstić information content (AvgIpc) is 3.74. The van der Waals surface area contributed by atoms with Gasteiger partial charge < -0.3 is 30.1 Å². The number of nitrogens with one attached hydrogen (secondary N) is 1. The van der Waals surface area contributed by atoms with Crippen molar-refractivity contribution in [3.63, 3.8) is 0 Å². The van der Waals surface area contributed by atoms with Gasteiger partial charge in [0.1, 0.15) is 17.1 Å². The molecule has 0 amide bonds. The Kier molecular flexibility index (Phi) is 6.46. The second-order valence-electron chi connectivity index (χ2n) is 14.4. The fraction of sp³-hybridized carbons (Fsp3) is 0.486. The number of piperidine rings is 2. The van der Waals surface area contributed by atoms with Crippen molar-refractivity contribution in [1.29, 1.82) is 0 Å². The number of anilines is 1. The van der Waals surface area contributed by atoms with E-state index in [0.29, 0.717) is 41.7 Å². The highest BCUT2D eigenvalue weighted by Gasteiger charge is 2.50. The Morgan fingerprint density at radius 2 is 1.67 bits per heavy atom. The summed E-state index contributed by atoms with van der Waals surface area (Å²) >= 11 is 0. The molecular formula is C35H36F3N5O3. The van der Waals surface area contributed by atoms with Crippen LogP contribution in [0.1, 0.15) is 32.1 Å². The summed E-state index contributed by atoms with van der Waals surface area (Å²) in [6.07, 6.45) is 5.12. The number of aliphatic hydroxyl groups excluding tert-OH is 1. The van der Waals surface area contributed by atoms with Crippen LogP contribution in [-0.2, 0) is 0 Å². The minimum Gasteiger partial charge on any atom is -0.508 e. The number of aromatic nitrogens is 2. The van der Waals surface area contributed by atoms with E-state index in [4.69, 9.17) is 9.72 Å². The molecule has 2 aliphatic carbocycles. The number of piperazine rings is 1. The molecule has 4 saturated heterocycles. The summed E-state index contributed by atoms with van der Waals surface area (Å²) in [5, 5.41) is 24.9. The Morgan fingerprint density at radius 1 is 0.913 bits per heavy atom. The molecule has 3 N–H and O–H groups in total. The van der Waals surface area contributed by atoms with E-state index in [-0.39, 0.29) is 50.7 Å². The summed E-state index contributed by atoms with van der Waals surface area (Å²) in [6, 6.07) is 8.91. The van der Waals surface area contributed by atoms with Gasteiger partial charge in [-0.15, -0.1) is 0 Å². The van der Waals surface area contributed by atoms with Crippen molar-refractivity contribution in [2.24, 2.45) is 17.3 Å². The topological polar surface area (TPSA) is 94.0 Å². The molecule has 0 radical (unpaired) electrons. The Bertz CT molecular complexity index is 1860. The molecule has 46 heavy (non-hydrogen) atoms. The lowest BCUT2D eigenvalue weighted by Gasteiger charge is -2.51. The molecule has 2 saturated carbocycles. The summed E-state index contributed by atoms with van der Waals surface area (Å²) in [5.41, 5.74) is 0.0463. The van der Waals surface area contributed by atoms with Crippen LogP contribution >= 0.6 is 0 Å². The normalized spacial score (nSPS) is 28.1. The van der Waals surface area contributed by atoms with Crippen LogP contribution in [0.4, 0.5) is 19.0 Å². The molecule has 10 rings (SSSR count). The van der Waals surface area contributed by atoms with Gasteiger partial charge in [-0.1, -0.05) is 12.1 Å². The predicted octanol–water partition coefficient (Wildman–Crippen LogP) is 4.99. The highest BCUT2D eigenvalue weighted by molar-refractivity contribution is 6.01. The maximum Gasteiger partial charge on any atom is 0.319 e. The minimum absolute atomic E-state index is 0.00149. The Balaban J connectivity index is 1.10. The third kappa shape index (κ3) is 4.69. The largest absolute Gasteiger partial charge is 0.508 e. The number of benzene rings is 3. The van der Waals surface area contributed by atoms with E-state index in [1.807, 2.05) is 0 Å². The smallest absolute Gasteiger partial charge is 0.319 e. The van der Waals surface area contributed by atoms with Crippen LogP contribution in [0.2, 0.25) is 0 Å². The van der Waals surface area contributed by atoms with Gasteiger partial charge in [-0.3, -0.25) is 0 Å². The van der Waals surface area contributed by atoms with E-state index in [0.717, 1.165) is 70.9 Å². The van der Waals surface area contributed by atoms with Crippen LogP contribution in [0.25, 0.3) is 32.8 Å². The second-order valence-corrected chi connectivity index (χ2v) is 14.4. The number of halogens is 3. The molecule has 6 fully saturated rings. The first kappa shape index (κ1) is 28.5. The van der Waals surface area contributed by atoms with Gasteiger partial charge in [-0.25, -0.2) is 13.2 Å². The van der Waals surface area contributed by atoms with Gasteiger partial charge in [0, 0.05) is 66.6 Å². The number of hydrogen-bond acceptors (Lipinski definition) is 8. The molecule has 4 unspecified atom stereocenters. The standard InChI is InChI=1S/C35H36F3N5O3/c36-27-6-1-18-10-23(44)11-26(28(18)30(27)38)24-4-5-25-31(29(24)37)40-34(41-33(25)43-14-21-2-3-22(15-43)39-21)46-17-35(7-8-35)16-42-12-19-9-20(13-42)32(19)45/h1,4-6,10-11,19-22,32,39,44-45H,2-3,7-9,12-17H2. The van der Waals surface area contributed by atoms with Crippen LogP contribution in [-0.4, -0.2) is 82.6 Å². The van der Waals surface area contributed by atoms with Gasteiger partial charge in [0.2, 0.25) is 0 Å². The maximum absolute atomic E-state index is 16.7. The summed E-state index contributed by atoms with van der Waals surface area (Å²) in [6.45, 7) is 4.55. The van der Waals surface area contributed by atoms with E-state index in [9.17, 15) is 14.6 Å². The third-order valence-corrected chi connectivity index (χ3v) is 11.1. The van der Waals surface area contributed by atoms with Crippen molar-refractivity contribution in [2.75, 3.05) is 44.2 Å². The molecule has 11 heteroatoms. The van der Waals surface area contributed by atoms with Gasteiger partial charge in [-0.2, -0.15) is 9.97 Å². The molecule has 4 aromatic rings. The fourth-order valence-electron chi connectivity index (χ4n) is 8.51. The van der Waals surface area contributed by atoms with Crippen LogP contribution in [0.3, 0.4) is 0 Å². The van der Waals surface area contributed by atoms with Crippen LogP contribution < -0.4 is 15.0 Å². The van der Waals surface area contributed by atoms with Crippen LogP contribution in [0.5, 0.6) is 11.8 Å². The number of rotatable bonds is 7. The lowest BCUT2D eigenvalue weighted by molar-refractivity contribution is -0.112. The lowest BCUT2D eigenvalue weighted by atomic mass is 9.68. The molecule has 240 valence electrons. The second kappa shape index (κ2) is 10.4. The van der Waals surface area contributed by atoms with Crippen molar-refractivity contribution in [2.45, 2.75) is 50.3 Å². The van der Waals surface area contributed by atoms with Crippen molar-refractivity contribution in [3.8, 4) is 22.9 Å². The van der Waals surface area contributed by atoms with E-state index in [1.165, 1.54) is 24.3 Å². The Hall–Kier alpha value is -3.67. The quantitative estimate of drug-likeness (QED) is 0.263. The number of nitrogens with zero attached hydrogens (tertiary/aromatic N) is 4. The molecule has 3 aromatic carbocycles. The molecule has 5 heterocycles. The van der Waals surface area contributed by atoms with E-state index in [1.54, 1.807) is 6.07 Å². The molecule has 4 aliphatic heterocycles. The Morgan fingerprint density at radius 3 is 2.39 bits per heavy atom. The van der Waals surface area contributed by atoms with Crippen LogP contribution in [0, 0.1) is 34.7 Å². The number of phenols is 1. The molecular weight excluding hydrogens is 595 g/mol. The Labute approximate surface area is 264 Å². The molecule has 8 nitrogen and oxygen atoms in total. The number of ether oxygens (including phenoxy) is 1. The predicted molar refractivity (Wildman–Crippen MR) is 167 cm³/mol. The first-order valence-corrected chi connectivity index (χ1v) is 16.4. The SMILES string of the molecule is Oc1cc(-c2ccc3c(N4CC5CCC(C4)N5)nc(OCC4(CN5CC6CC(C5)C6O)CC4)nc3c2F)c2c(F)c(F)ccc2c1. The van der Waals surface area contributed by atoms with Gasteiger partial charge in [-0.05, 0) is 79.2 Å². The summed E-state index contributed by atoms with van der Waals surface area (Å²) in [5.74, 6) is -1.74. The maximum atomic E-state index is 16.7. The number of phenolic OH excluding ortho intramolecular Hbond substituents is 1. The number of aromatic hydroxyl groups is 1. The van der Waals surface area contributed by atoms with E-state index in [2.05, 4.69) is 20.1 Å². The zero-order chi connectivity index (χ0) is 31.3. The number of hydrogen-bond donors (Lipinski definition) is 3. The highest BCUT2D eigenvalue weighted by atomic mass is 19.2. The zero-order valence-electron chi connectivity index (χ0n) is 25.4. The van der Waals surface area contributed by atoms with Crippen molar-refractivity contribution in [1.82, 2.24) is 20.2 Å². The number of fused-ring (bicyclic) bond motifs is 6.